The van der Waals surface area contributed by atoms with E-state index in [4.69, 9.17) is 18.5 Å². The van der Waals surface area contributed by atoms with Crippen molar-refractivity contribution >= 4 is 13.6 Å². The van der Waals surface area contributed by atoms with Crippen LogP contribution in [0.5, 0.6) is 0 Å². The Balaban J connectivity index is 4.48. The zero-order valence-electron chi connectivity index (χ0n) is 16.0. The van der Waals surface area contributed by atoms with Crippen molar-refractivity contribution in [1.29, 1.82) is 0 Å². The van der Waals surface area contributed by atoms with Crippen molar-refractivity contribution < 1.29 is 27.9 Å². The number of hydrogen-bond acceptors (Lipinski definition) is 6. The molecule has 0 saturated carbocycles. The van der Waals surface area contributed by atoms with Crippen molar-refractivity contribution in [3.8, 4) is 0 Å². The number of carbonyl (C=O) groups excluding carboxylic acids is 1. The molecule has 0 bridgehead atoms. The van der Waals surface area contributed by atoms with Crippen molar-refractivity contribution in [3.63, 3.8) is 0 Å². The standard InChI is InChI=1S/C16H33O6P/c1-12(2)23(18,21-10-19-13(3)15(4,5)6)22-11-20-14(17)16(7,8)9/h12-13H,10-11H2,1-9H3. The average molecular weight is 352 g/mol. The largest absolute Gasteiger partial charge is 0.438 e. The van der Waals surface area contributed by atoms with Crippen molar-refractivity contribution in [2.24, 2.45) is 10.8 Å². The van der Waals surface area contributed by atoms with E-state index in [1.165, 1.54) is 0 Å². The van der Waals surface area contributed by atoms with Crippen LogP contribution in [0.2, 0.25) is 0 Å². The molecular formula is C16H33O6P. The molecule has 0 heterocycles. The van der Waals surface area contributed by atoms with Crippen LogP contribution < -0.4 is 0 Å². The molecule has 2 atom stereocenters. The summed E-state index contributed by atoms with van der Waals surface area (Å²) in [6.07, 6.45) is -0.0677. The van der Waals surface area contributed by atoms with Gasteiger partial charge in [-0.2, -0.15) is 0 Å². The molecule has 2 unspecified atom stereocenters. The lowest BCUT2D eigenvalue weighted by Gasteiger charge is -2.28. The summed E-state index contributed by atoms with van der Waals surface area (Å²) in [7, 11) is -3.41. The molecule has 0 rings (SSSR count). The van der Waals surface area contributed by atoms with Crippen LogP contribution in [-0.2, 0) is 27.9 Å². The van der Waals surface area contributed by atoms with E-state index in [0.717, 1.165) is 0 Å². The van der Waals surface area contributed by atoms with Crippen LogP contribution >= 0.6 is 7.60 Å². The second-order valence-electron chi connectivity index (χ2n) is 7.98. The molecular weight excluding hydrogens is 319 g/mol. The highest BCUT2D eigenvalue weighted by atomic mass is 31.2. The maximum atomic E-state index is 12.7. The van der Waals surface area contributed by atoms with Crippen LogP contribution in [0.25, 0.3) is 0 Å². The molecule has 0 saturated heterocycles. The molecule has 0 aliphatic rings. The Bertz CT molecular complexity index is 419. The van der Waals surface area contributed by atoms with Gasteiger partial charge in [-0.15, -0.1) is 0 Å². The summed E-state index contributed by atoms with van der Waals surface area (Å²) in [5, 5.41) is 0. The molecule has 0 aromatic carbocycles. The fourth-order valence-corrected chi connectivity index (χ4v) is 2.24. The quantitative estimate of drug-likeness (QED) is 0.362. The normalized spacial score (nSPS) is 17.0. The lowest BCUT2D eigenvalue weighted by Crippen LogP contribution is -2.27. The van der Waals surface area contributed by atoms with Gasteiger partial charge < -0.3 is 9.47 Å². The Morgan fingerprint density at radius 3 is 1.83 bits per heavy atom. The van der Waals surface area contributed by atoms with Gasteiger partial charge in [-0.3, -0.25) is 18.4 Å². The van der Waals surface area contributed by atoms with Crippen LogP contribution in [0.4, 0.5) is 0 Å². The molecule has 7 heteroatoms. The molecule has 23 heavy (non-hydrogen) atoms. The molecule has 138 valence electrons. The van der Waals surface area contributed by atoms with Gasteiger partial charge in [0.2, 0.25) is 6.79 Å². The van der Waals surface area contributed by atoms with Gasteiger partial charge in [-0.25, -0.2) is 0 Å². The monoisotopic (exact) mass is 352 g/mol. The molecule has 0 radical (unpaired) electrons. The second kappa shape index (κ2) is 8.61. The zero-order valence-corrected chi connectivity index (χ0v) is 16.9. The van der Waals surface area contributed by atoms with Gasteiger partial charge in [-0.1, -0.05) is 34.6 Å². The van der Waals surface area contributed by atoms with E-state index < -0.39 is 25.8 Å². The molecule has 0 aromatic heterocycles. The Morgan fingerprint density at radius 1 is 0.957 bits per heavy atom. The molecule has 0 spiro atoms. The van der Waals surface area contributed by atoms with Gasteiger partial charge in [-0.05, 0) is 33.1 Å². The third kappa shape index (κ3) is 8.30. The Hall–Kier alpha value is -0.420. The van der Waals surface area contributed by atoms with E-state index in [1.807, 2.05) is 27.7 Å². The summed E-state index contributed by atoms with van der Waals surface area (Å²) in [6, 6.07) is 0. The smallest absolute Gasteiger partial charge is 0.338 e. The number of hydrogen-bond donors (Lipinski definition) is 0. The third-order valence-corrected chi connectivity index (χ3v) is 5.63. The fourth-order valence-electron chi connectivity index (χ4n) is 1.16. The first kappa shape index (κ1) is 22.6. The minimum absolute atomic E-state index is 0.0473. The molecule has 0 amide bonds. The van der Waals surface area contributed by atoms with E-state index >= 15 is 0 Å². The predicted octanol–water partition coefficient (Wildman–Crippen LogP) is 4.58. The van der Waals surface area contributed by atoms with Crippen LogP contribution in [0, 0.1) is 10.8 Å². The highest BCUT2D eigenvalue weighted by Gasteiger charge is 2.32. The number of rotatable bonds is 8. The van der Waals surface area contributed by atoms with Crippen LogP contribution in [0.15, 0.2) is 0 Å². The molecule has 0 fully saturated rings. The maximum Gasteiger partial charge on any atom is 0.338 e. The lowest BCUT2D eigenvalue weighted by atomic mass is 9.90. The van der Waals surface area contributed by atoms with Crippen molar-refractivity contribution in [3.05, 3.63) is 0 Å². The van der Waals surface area contributed by atoms with Gasteiger partial charge in [0.05, 0.1) is 17.2 Å². The molecule has 0 aliphatic heterocycles. The van der Waals surface area contributed by atoms with E-state index in [-0.39, 0.29) is 24.0 Å². The molecule has 0 aliphatic carbocycles. The first-order valence-electron chi connectivity index (χ1n) is 7.88. The second-order valence-corrected chi connectivity index (χ2v) is 10.6. The van der Waals surface area contributed by atoms with E-state index in [2.05, 4.69) is 0 Å². The fraction of sp³-hybridized carbons (Fsp3) is 0.938. The Labute approximate surface area is 140 Å². The Morgan fingerprint density at radius 2 is 1.43 bits per heavy atom. The average Bonchev–Trinajstić information content (AvgIpc) is 2.35. The summed E-state index contributed by atoms with van der Waals surface area (Å²) in [5.74, 6) is -0.426. The maximum absolute atomic E-state index is 12.7. The van der Waals surface area contributed by atoms with Crippen LogP contribution in [-0.4, -0.2) is 31.3 Å². The van der Waals surface area contributed by atoms with E-state index in [9.17, 15) is 9.36 Å². The van der Waals surface area contributed by atoms with E-state index in [1.54, 1.807) is 34.6 Å². The Kier molecular flexibility index (Phi) is 8.45. The van der Waals surface area contributed by atoms with Crippen LogP contribution in [0.3, 0.4) is 0 Å². The van der Waals surface area contributed by atoms with Crippen molar-refractivity contribution in [2.75, 3.05) is 13.6 Å². The topological polar surface area (TPSA) is 71.1 Å². The highest BCUT2D eigenvalue weighted by Crippen LogP contribution is 2.52. The van der Waals surface area contributed by atoms with Gasteiger partial charge in [0, 0.05) is 0 Å². The number of esters is 1. The minimum atomic E-state index is -3.41. The van der Waals surface area contributed by atoms with Gasteiger partial charge >= 0.3 is 13.6 Å². The lowest BCUT2D eigenvalue weighted by molar-refractivity contribution is -0.160. The van der Waals surface area contributed by atoms with Crippen LogP contribution in [0.1, 0.15) is 62.3 Å². The minimum Gasteiger partial charge on any atom is -0.438 e. The third-order valence-electron chi connectivity index (χ3n) is 3.44. The molecule has 6 nitrogen and oxygen atoms in total. The molecule has 0 aromatic rings. The van der Waals surface area contributed by atoms with Gasteiger partial charge in [0.1, 0.15) is 0 Å². The first-order chi connectivity index (χ1) is 10.2. The van der Waals surface area contributed by atoms with Crippen molar-refractivity contribution in [1.82, 2.24) is 0 Å². The first-order valence-corrected chi connectivity index (χ1v) is 9.49. The van der Waals surface area contributed by atoms with Gasteiger partial charge in [0.15, 0.2) is 6.79 Å². The predicted molar refractivity (Wildman–Crippen MR) is 90.2 cm³/mol. The summed E-state index contributed by atoms with van der Waals surface area (Å²) in [4.78, 5) is 11.7. The summed E-state index contributed by atoms with van der Waals surface area (Å²) in [5.41, 5.74) is -1.06. The SMILES string of the molecule is CC(OCOP(=O)(OCOC(=O)C(C)(C)C)C(C)C)C(C)(C)C. The van der Waals surface area contributed by atoms with E-state index in [0.29, 0.717) is 0 Å². The van der Waals surface area contributed by atoms with Gasteiger partial charge in [0.25, 0.3) is 0 Å². The summed E-state index contributed by atoms with van der Waals surface area (Å²) in [6.45, 7) is 16.2. The van der Waals surface area contributed by atoms with Crippen molar-refractivity contribution in [2.45, 2.75) is 74.1 Å². The number of ether oxygens (including phenoxy) is 2. The summed E-state index contributed by atoms with van der Waals surface area (Å²) < 4.78 is 33.8. The zero-order chi connectivity index (χ0) is 18.5. The molecule has 0 N–H and O–H groups in total. The summed E-state index contributed by atoms with van der Waals surface area (Å²) >= 11 is 0. The number of carbonyl (C=O) groups is 1. The highest BCUT2D eigenvalue weighted by molar-refractivity contribution is 7.54.